The monoisotopic (exact) mass is 365 g/mol. The lowest BCUT2D eigenvalue weighted by Crippen LogP contribution is -2.14. The molecule has 0 radical (unpaired) electrons. The van der Waals surface area contributed by atoms with Crippen molar-refractivity contribution >= 4 is 28.5 Å². The maximum Gasteiger partial charge on any atom is 0.338 e. The van der Waals surface area contributed by atoms with Gasteiger partial charge in [0.2, 0.25) is 5.91 Å². The van der Waals surface area contributed by atoms with Crippen LogP contribution in [0, 0.1) is 6.92 Å². The molecule has 5 nitrogen and oxygen atoms in total. The predicted octanol–water partition coefficient (Wildman–Crippen LogP) is 4.88. The number of rotatable bonds is 7. The van der Waals surface area contributed by atoms with Crippen molar-refractivity contribution in [3.05, 3.63) is 65.4 Å². The topological polar surface area (TPSA) is 68.5 Å². The summed E-state index contributed by atoms with van der Waals surface area (Å²) in [5, 5.41) is 3.79. The third kappa shape index (κ3) is 4.76. The maximum absolute atomic E-state index is 12.3. The number of anilines is 1. The average Bonchev–Trinajstić information content (AvgIpc) is 3.04. The van der Waals surface area contributed by atoms with E-state index in [4.69, 9.17) is 9.15 Å². The van der Waals surface area contributed by atoms with E-state index in [0.29, 0.717) is 17.9 Å². The number of esters is 1. The van der Waals surface area contributed by atoms with Gasteiger partial charge in [0.05, 0.1) is 24.9 Å². The van der Waals surface area contributed by atoms with E-state index < -0.39 is 0 Å². The number of aryl methyl sites for hydroxylation is 1. The first kappa shape index (κ1) is 18.7. The average molecular weight is 365 g/mol. The molecular formula is C22H23NO4. The van der Waals surface area contributed by atoms with Crippen molar-refractivity contribution in [2.75, 3.05) is 11.9 Å². The highest BCUT2D eigenvalue weighted by atomic mass is 16.5. The number of amides is 1. The lowest BCUT2D eigenvalue weighted by Gasteiger charge is -2.07. The van der Waals surface area contributed by atoms with Gasteiger partial charge in [0.15, 0.2) is 0 Å². The molecule has 0 unspecified atom stereocenters. The Labute approximate surface area is 158 Å². The van der Waals surface area contributed by atoms with Crippen LogP contribution in [0.3, 0.4) is 0 Å². The zero-order chi connectivity index (χ0) is 19.2. The first-order chi connectivity index (χ1) is 13.1. The molecule has 3 aromatic rings. The molecule has 27 heavy (non-hydrogen) atoms. The number of ether oxygens (including phenoxy) is 1. The van der Waals surface area contributed by atoms with E-state index in [9.17, 15) is 9.59 Å². The van der Waals surface area contributed by atoms with Gasteiger partial charge in [0.25, 0.3) is 0 Å². The number of unbranched alkanes of at least 4 members (excludes halogenated alkanes) is 1. The van der Waals surface area contributed by atoms with Gasteiger partial charge < -0.3 is 14.5 Å². The highest BCUT2D eigenvalue weighted by Gasteiger charge is 2.12. The summed E-state index contributed by atoms with van der Waals surface area (Å²) < 4.78 is 10.7. The molecule has 2 aromatic carbocycles. The molecule has 1 amide bonds. The largest absolute Gasteiger partial charge is 0.464 e. The van der Waals surface area contributed by atoms with Crippen molar-refractivity contribution in [1.29, 1.82) is 0 Å². The van der Waals surface area contributed by atoms with Gasteiger partial charge in [-0.05, 0) is 49.2 Å². The van der Waals surface area contributed by atoms with Gasteiger partial charge in [-0.1, -0.05) is 25.5 Å². The van der Waals surface area contributed by atoms with Crippen LogP contribution >= 0.6 is 0 Å². The van der Waals surface area contributed by atoms with E-state index >= 15 is 0 Å². The molecule has 140 valence electrons. The fourth-order valence-electron chi connectivity index (χ4n) is 2.79. The molecule has 0 aliphatic heterocycles. The maximum atomic E-state index is 12.3. The third-order valence-corrected chi connectivity index (χ3v) is 4.30. The first-order valence-corrected chi connectivity index (χ1v) is 9.10. The van der Waals surface area contributed by atoms with Crippen molar-refractivity contribution in [2.24, 2.45) is 0 Å². The van der Waals surface area contributed by atoms with E-state index in [0.717, 1.165) is 34.9 Å². The van der Waals surface area contributed by atoms with Crippen LogP contribution in [-0.4, -0.2) is 18.5 Å². The first-order valence-electron chi connectivity index (χ1n) is 9.10. The van der Waals surface area contributed by atoms with Gasteiger partial charge in [0.1, 0.15) is 5.58 Å². The SMILES string of the molecule is CCCCOC(=O)c1ccc(NC(=O)Cc2coc3cc(C)ccc23)cc1. The zero-order valence-corrected chi connectivity index (χ0v) is 15.6. The zero-order valence-electron chi connectivity index (χ0n) is 15.6. The molecule has 1 heterocycles. The summed E-state index contributed by atoms with van der Waals surface area (Å²) in [7, 11) is 0. The Kier molecular flexibility index (Phi) is 5.91. The molecule has 0 aliphatic rings. The van der Waals surface area contributed by atoms with Gasteiger partial charge in [-0.3, -0.25) is 4.79 Å². The second-order valence-electron chi connectivity index (χ2n) is 6.55. The number of hydrogen-bond acceptors (Lipinski definition) is 4. The lowest BCUT2D eigenvalue weighted by atomic mass is 10.1. The number of fused-ring (bicyclic) bond motifs is 1. The van der Waals surface area contributed by atoms with Crippen LogP contribution in [0.5, 0.6) is 0 Å². The predicted molar refractivity (Wildman–Crippen MR) is 105 cm³/mol. The van der Waals surface area contributed by atoms with Crippen LogP contribution in [0.25, 0.3) is 11.0 Å². The number of carbonyl (C=O) groups excluding carboxylic acids is 2. The third-order valence-electron chi connectivity index (χ3n) is 4.30. The van der Waals surface area contributed by atoms with E-state index in [2.05, 4.69) is 5.32 Å². The minimum Gasteiger partial charge on any atom is -0.464 e. The van der Waals surface area contributed by atoms with Crippen LogP contribution < -0.4 is 5.32 Å². The number of hydrogen-bond donors (Lipinski definition) is 1. The Morgan fingerprint density at radius 2 is 1.89 bits per heavy atom. The van der Waals surface area contributed by atoms with Gasteiger partial charge in [-0.2, -0.15) is 0 Å². The summed E-state index contributed by atoms with van der Waals surface area (Å²) in [6.07, 6.45) is 3.67. The van der Waals surface area contributed by atoms with Crippen molar-refractivity contribution in [3.8, 4) is 0 Å². The molecule has 0 saturated heterocycles. The Balaban J connectivity index is 1.59. The Hall–Kier alpha value is -3.08. The smallest absolute Gasteiger partial charge is 0.338 e. The quantitative estimate of drug-likeness (QED) is 0.479. The normalized spacial score (nSPS) is 10.7. The Morgan fingerprint density at radius 1 is 1.11 bits per heavy atom. The molecule has 5 heteroatoms. The van der Waals surface area contributed by atoms with Crippen LogP contribution in [-0.2, 0) is 16.0 Å². The molecule has 0 saturated carbocycles. The number of benzene rings is 2. The highest BCUT2D eigenvalue weighted by molar-refractivity contribution is 5.96. The molecular weight excluding hydrogens is 342 g/mol. The standard InChI is InChI=1S/C22H23NO4/c1-3-4-11-26-22(25)16-6-8-18(9-7-16)23-21(24)13-17-14-27-20-12-15(2)5-10-19(17)20/h5-10,12,14H,3-4,11,13H2,1-2H3,(H,23,24). The summed E-state index contributed by atoms with van der Waals surface area (Å²) in [4.78, 5) is 24.2. The molecule has 0 bridgehead atoms. The summed E-state index contributed by atoms with van der Waals surface area (Å²) in [6.45, 7) is 4.46. The van der Waals surface area contributed by atoms with Gasteiger partial charge in [-0.25, -0.2) is 4.79 Å². The molecule has 0 atom stereocenters. The van der Waals surface area contributed by atoms with Crippen molar-refractivity contribution < 1.29 is 18.7 Å². The Bertz CT molecular complexity index is 941. The summed E-state index contributed by atoms with van der Waals surface area (Å²) in [5.41, 5.74) is 3.84. The van der Waals surface area contributed by atoms with Crippen molar-refractivity contribution in [2.45, 2.75) is 33.1 Å². The van der Waals surface area contributed by atoms with Crippen LogP contribution in [0.1, 0.15) is 41.3 Å². The summed E-state index contributed by atoms with van der Waals surface area (Å²) in [6, 6.07) is 12.6. The van der Waals surface area contributed by atoms with Crippen molar-refractivity contribution in [1.82, 2.24) is 0 Å². The molecule has 3 rings (SSSR count). The fraction of sp³-hybridized carbons (Fsp3) is 0.273. The molecule has 1 aromatic heterocycles. The van der Waals surface area contributed by atoms with Gasteiger partial charge in [-0.15, -0.1) is 0 Å². The molecule has 0 spiro atoms. The van der Waals surface area contributed by atoms with Gasteiger partial charge >= 0.3 is 5.97 Å². The summed E-state index contributed by atoms with van der Waals surface area (Å²) in [5.74, 6) is -0.488. The van der Waals surface area contributed by atoms with E-state index in [1.54, 1.807) is 30.5 Å². The highest BCUT2D eigenvalue weighted by Crippen LogP contribution is 2.23. The second kappa shape index (κ2) is 8.54. The molecule has 0 aliphatic carbocycles. The minimum atomic E-state index is -0.346. The number of carbonyl (C=O) groups is 2. The molecule has 1 N–H and O–H groups in total. The summed E-state index contributed by atoms with van der Waals surface area (Å²) >= 11 is 0. The Morgan fingerprint density at radius 3 is 2.63 bits per heavy atom. The van der Waals surface area contributed by atoms with Crippen molar-refractivity contribution in [3.63, 3.8) is 0 Å². The van der Waals surface area contributed by atoms with E-state index in [1.165, 1.54) is 0 Å². The number of furan rings is 1. The lowest BCUT2D eigenvalue weighted by molar-refractivity contribution is -0.115. The van der Waals surface area contributed by atoms with Crippen LogP contribution in [0.4, 0.5) is 5.69 Å². The van der Waals surface area contributed by atoms with E-state index in [1.807, 2.05) is 32.0 Å². The molecule has 0 fully saturated rings. The van der Waals surface area contributed by atoms with E-state index in [-0.39, 0.29) is 18.3 Å². The van der Waals surface area contributed by atoms with Gasteiger partial charge in [0, 0.05) is 16.6 Å². The number of nitrogens with one attached hydrogen (secondary N) is 1. The second-order valence-corrected chi connectivity index (χ2v) is 6.55. The minimum absolute atomic E-state index is 0.142. The van der Waals surface area contributed by atoms with Crippen LogP contribution in [0.15, 0.2) is 53.1 Å². The fourth-order valence-corrected chi connectivity index (χ4v) is 2.79. The van der Waals surface area contributed by atoms with Crippen LogP contribution in [0.2, 0.25) is 0 Å².